The van der Waals surface area contributed by atoms with Crippen LogP contribution in [0.1, 0.15) is 41.9 Å². The Morgan fingerprint density at radius 3 is 2.48 bits per heavy atom. The molecule has 2 unspecified atom stereocenters. The number of halogens is 1. The summed E-state index contributed by atoms with van der Waals surface area (Å²) in [5, 5.41) is 20.1. The van der Waals surface area contributed by atoms with Crippen LogP contribution in [0.4, 0.5) is 0 Å². The van der Waals surface area contributed by atoms with Crippen LogP contribution >= 0.6 is 11.6 Å². The van der Waals surface area contributed by atoms with Crippen molar-refractivity contribution in [2.75, 3.05) is 0 Å². The lowest BCUT2D eigenvalue weighted by atomic mass is 9.86. The summed E-state index contributed by atoms with van der Waals surface area (Å²) in [6.07, 6.45) is 0.662. The molecular formula is C18H18ClNO. The fourth-order valence-electron chi connectivity index (χ4n) is 2.51. The van der Waals surface area contributed by atoms with E-state index in [1.54, 1.807) is 18.2 Å². The van der Waals surface area contributed by atoms with E-state index in [9.17, 15) is 10.4 Å². The highest BCUT2D eigenvalue weighted by Gasteiger charge is 2.18. The third-order valence-electron chi connectivity index (χ3n) is 3.73. The predicted octanol–water partition coefficient (Wildman–Crippen LogP) is 5.16. The minimum atomic E-state index is -0.211. The zero-order valence-corrected chi connectivity index (χ0v) is 12.9. The normalized spacial score (nSPS) is 13.4. The average Bonchev–Trinajstić information content (AvgIpc) is 2.48. The second-order valence-electron chi connectivity index (χ2n) is 5.43. The third-order valence-corrected chi connectivity index (χ3v) is 3.98. The molecule has 0 saturated carbocycles. The molecule has 108 valence electrons. The molecule has 0 aromatic heterocycles. The number of aromatic hydroxyl groups is 1. The quantitative estimate of drug-likeness (QED) is 0.848. The molecule has 0 spiro atoms. The van der Waals surface area contributed by atoms with Gasteiger partial charge in [-0.3, -0.25) is 0 Å². The summed E-state index contributed by atoms with van der Waals surface area (Å²) < 4.78 is 0. The Balaban J connectivity index is 2.20. The number of aryl methyl sites for hydroxylation is 1. The molecule has 21 heavy (non-hydrogen) atoms. The summed E-state index contributed by atoms with van der Waals surface area (Å²) in [5.74, 6) is 0.184. The summed E-state index contributed by atoms with van der Waals surface area (Å²) in [4.78, 5) is 0. The van der Waals surface area contributed by atoms with E-state index in [1.807, 2.05) is 38.1 Å². The van der Waals surface area contributed by atoms with E-state index >= 15 is 0 Å². The molecule has 0 bridgehead atoms. The number of hydrogen-bond acceptors (Lipinski definition) is 2. The van der Waals surface area contributed by atoms with E-state index in [1.165, 1.54) is 0 Å². The Kier molecular flexibility index (Phi) is 4.88. The van der Waals surface area contributed by atoms with E-state index < -0.39 is 0 Å². The van der Waals surface area contributed by atoms with Crippen molar-refractivity contribution in [2.24, 2.45) is 0 Å². The van der Waals surface area contributed by atoms with Crippen molar-refractivity contribution in [3.8, 4) is 11.8 Å². The largest absolute Gasteiger partial charge is 0.508 e. The van der Waals surface area contributed by atoms with Crippen molar-refractivity contribution in [2.45, 2.75) is 32.1 Å². The molecule has 0 aliphatic heterocycles. The molecule has 2 rings (SSSR count). The first-order valence-corrected chi connectivity index (χ1v) is 7.33. The molecule has 0 radical (unpaired) electrons. The Hall–Kier alpha value is -1.98. The zero-order valence-electron chi connectivity index (χ0n) is 12.2. The number of phenolic OH excluding ortho intramolecular Hbond substituents is 1. The first kappa shape index (κ1) is 15.4. The molecule has 0 saturated heterocycles. The van der Waals surface area contributed by atoms with Gasteiger partial charge in [-0.2, -0.15) is 5.26 Å². The van der Waals surface area contributed by atoms with Gasteiger partial charge in [0.2, 0.25) is 0 Å². The van der Waals surface area contributed by atoms with E-state index in [2.05, 4.69) is 6.07 Å². The summed E-state index contributed by atoms with van der Waals surface area (Å²) in [6.45, 7) is 4.03. The summed E-state index contributed by atoms with van der Waals surface area (Å²) in [5.41, 5.74) is 2.96. The average molecular weight is 300 g/mol. The lowest BCUT2D eigenvalue weighted by Crippen LogP contribution is -2.03. The first-order chi connectivity index (χ1) is 10.0. The maximum atomic E-state index is 10.00. The van der Waals surface area contributed by atoms with Crippen LogP contribution in [0.15, 0.2) is 42.5 Å². The van der Waals surface area contributed by atoms with E-state index in [-0.39, 0.29) is 11.8 Å². The van der Waals surface area contributed by atoms with Gasteiger partial charge in [0.1, 0.15) is 5.75 Å². The highest BCUT2D eigenvalue weighted by molar-refractivity contribution is 6.30. The maximum Gasteiger partial charge on any atom is 0.119 e. The topological polar surface area (TPSA) is 44.0 Å². The minimum absolute atomic E-state index is 0.102. The second-order valence-corrected chi connectivity index (χ2v) is 5.87. The van der Waals surface area contributed by atoms with Gasteiger partial charge in [-0.1, -0.05) is 48.4 Å². The lowest BCUT2D eigenvalue weighted by Gasteiger charge is -2.18. The molecule has 0 heterocycles. The van der Waals surface area contributed by atoms with Gasteiger partial charge < -0.3 is 5.11 Å². The van der Waals surface area contributed by atoms with Crippen molar-refractivity contribution in [1.29, 1.82) is 5.26 Å². The van der Waals surface area contributed by atoms with Crippen LogP contribution in [0.2, 0.25) is 5.02 Å². The van der Waals surface area contributed by atoms with Crippen LogP contribution in [0, 0.1) is 18.3 Å². The van der Waals surface area contributed by atoms with Crippen molar-refractivity contribution < 1.29 is 5.11 Å². The lowest BCUT2D eigenvalue weighted by molar-refractivity contribution is 0.459. The number of phenols is 1. The Labute approximate surface area is 130 Å². The number of nitrogens with zero attached hydrogens (tertiary/aromatic N) is 1. The van der Waals surface area contributed by atoms with Gasteiger partial charge in [-0.25, -0.2) is 0 Å². The summed E-state index contributed by atoms with van der Waals surface area (Å²) in [7, 11) is 0. The predicted molar refractivity (Wildman–Crippen MR) is 85.7 cm³/mol. The molecule has 2 aromatic rings. The molecule has 1 N–H and O–H groups in total. The second kappa shape index (κ2) is 6.65. The van der Waals surface area contributed by atoms with Crippen LogP contribution in [0.5, 0.6) is 5.75 Å². The van der Waals surface area contributed by atoms with E-state index in [0.29, 0.717) is 17.2 Å². The van der Waals surface area contributed by atoms with E-state index in [4.69, 9.17) is 11.6 Å². The van der Waals surface area contributed by atoms with Crippen molar-refractivity contribution in [3.05, 3.63) is 64.2 Å². The SMILES string of the molecule is Cc1ccc(O)c(C(C)CC(C#N)c2ccc(Cl)cc2)c1. The summed E-state index contributed by atoms with van der Waals surface area (Å²) in [6, 6.07) is 15.3. The Bertz CT molecular complexity index is 658. The standard InChI is InChI=1S/C18H18ClNO/c1-12-3-8-18(21)17(9-12)13(2)10-15(11-20)14-4-6-16(19)7-5-14/h3-9,13,15,21H,10H2,1-2H3. The van der Waals surface area contributed by atoms with Gasteiger partial charge in [-0.05, 0) is 48.6 Å². The smallest absolute Gasteiger partial charge is 0.119 e. The molecule has 0 fully saturated rings. The highest BCUT2D eigenvalue weighted by atomic mass is 35.5. The van der Waals surface area contributed by atoms with Gasteiger partial charge in [-0.15, -0.1) is 0 Å². The monoisotopic (exact) mass is 299 g/mol. The molecular weight excluding hydrogens is 282 g/mol. The Morgan fingerprint density at radius 1 is 1.19 bits per heavy atom. The van der Waals surface area contributed by atoms with Crippen LogP contribution in [0.25, 0.3) is 0 Å². The van der Waals surface area contributed by atoms with Gasteiger partial charge in [0.25, 0.3) is 0 Å². The first-order valence-electron chi connectivity index (χ1n) is 6.96. The molecule has 0 amide bonds. The minimum Gasteiger partial charge on any atom is -0.508 e. The van der Waals surface area contributed by atoms with Gasteiger partial charge in [0.05, 0.1) is 12.0 Å². The van der Waals surface area contributed by atoms with Gasteiger partial charge in [0.15, 0.2) is 0 Å². The van der Waals surface area contributed by atoms with Crippen LogP contribution in [-0.2, 0) is 0 Å². The number of benzene rings is 2. The molecule has 0 aliphatic carbocycles. The molecule has 2 nitrogen and oxygen atoms in total. The van der Waals surface area contributed by atoms with Gasteiger partial charge >= 0.3 is 0 Å². The van der Waals surface area contributed by atoms with Crippen LogP contribution in [0.3, 0.4) is 0 Å². The van der Waals surface area contributed by atoms with Crippen molar-refractivity contribution in [1.82, 2.24) is 0 Å². The number of nitriles is 1. The summed E-state index contributed by atoms with van der Waals surface area (Å²) >= 11 is 5.88. The number of rotatable bonds is 4. The van der Waals surface area contributed by atoms with Gasteiger partial charge in [0, 0.05) is 5.02 Å². The van der Waals surface area contributed by atoms with Crippen LogP contribution < -0.4 is 0 Å². The molecule has 3 heteroatoms. The maximum absolute atomic E-state index is 10.00. The third kappa shape index (κ3) is 3.77. The fraction of sp³-hybridized carbons (Fsp3) is 0.278. The van der Waals surface area contributed by atoms with Crippen molar-refractivity contribution in [3.63, 3.8) is 0 Å². The fourth-order valence-corrected chi connectivity index (χ4v) is 2.63. The van der Waals surface area contributed by atoms with E-state index in [0.717, 1.165) is 16.7 Å². The van der Waals surface area contributed by atoms with Crippen LogP contribution in [-0.4, -0.2) is 5.11 Å². The molecule has 2 aromatic carbocycles. The highest BCUT2D eigenvalue weighted by Crippen LogP contribution is 2.34. The Morgan fingerprint density at radius 2 is 1.86 bits per heavy atom. The van der Waals surface area contributed by atoms with Crippen molar-refractivity contribution >= 4 is 11.6 Å². The number of hydrogen-bond donors (Lipinski definition) is 1. The zero-order chi connectivity index (χ0) is 15.4. The molecule has 2 atom stereocenters. The molecule has 0 aliphatic rings.